The monoisotopic (exact) mass is 509 g/mol. The Hall–Kier alpha value is -2.78. The van der Waals surface area contributed by atoms with E-state index in [1.54, 1.807) is 6.20 Å². The Balaban J connectivity index is 1.23. The Bertz CT molecular complexity index is 1050. The second kappa shape index (κ2) is 12.6. The Morgan fingerprint density at radius 1 is 1.08 bits per heavy atom. The van der Waals surface area contributed by atoms with Gasteiger partial charge in [0, 0.05) is 43.2 Å². The van der Waals surface area contributed by atoms with Gasteiger partial charge in [-0.05, 0) is 57.4 Å². The number of ether oxygens (including phenoxy) is 3. The number of aromatic nitrogens is 3. The highest BCUT2D eigenvalue weighted by molar-refractivity contribution is 5.81. The smallest absolute Gasteiger partial charge is 0.239 e. The molecule has 0 bridgehead atoms. The molecular weight excluding hydrogens is 470 g/mol. The van der Waals surface area contributed by atoms with Gasteiger partial charge >= 0.3 is 0 Å². The van der Waals surface area contributed by atoms with E-state index in [9.17, 15) is 4.79 Å². The van der Waals surface area contributed by atoms with Gasteiger partial charge in [-0.1, -0.05) is 19.3 Å². The van der Waals surface area contributed by atoms with Gasteiger partial charge in [0.1, 0.15) is 23.9 Å². The molecule has 1 amide bonds. The highest BCUT2D eigenvalue weighted by atomic mass is 16.7. The minimum Gasteiger partial charge on any atom is -0.491 e. The van der Waals surface area contributed by atoms with Crippen LogP contribution < -0.4 is 15.0 Å². The highest BCUT2D eigenvalue weighted by Gasteiger charge is 2.24. The predicted molar refractivity (Wildman–Crippen MR) is 141 cm³/mol. The lowest BCUT2D eigenvalue weighted by Gasteiger charge is -2.25. The third kappa shape index (κ3) is 6.96. The zero-order chi connectivity index (χ0) is 25.5. The normalized spacial score (nSPS) is 19.9. The lowest BCUT2D eigenvalue weighted by molar-refractivity contribution is -0.165. The molecule has 3 aliphatic rings. The second-order valence-electron chi connectivity index (χ2n) is 10.3. The molecule has 0 radical (unpaired) electrons. The van der Waals surface area contributed by atoms with E-state index < -0.39 is 0 Å². The maximum absolute atomic E-state index is 12.8. The molecule has 2 aliphatic carbocycles. The molecule has 200 valence electrons. The molecule has 1 saturated carbocycles. The standard InChI is InChI=1S/C28H39N5O4/c1-33(19-25(34)30-20-8-3-2-4-9-20)28-22-10-7-11-23(22)31-27(32-28)24-18-21(13-14-29-24)35-16-17-37-26-12-5-6-15-36-26/h13-14,18,20,26H,2-12,15-17,19H2,1H3,(H,30,34). The molecule has 1 aliphatic heterocycles. The Morgan fingerprint density at radius 3 is 2.78 bits per heavy atom. The van der Waals surface area contributed by atoms with Crippen LogP contribution in [0, 0.1) is 0 Å². The number of carbonyl (C=O) groups is 1. The quantitative estimate of drug-likeness (QED) is 0.483. The van der Waals surface area contributed by atoms with Crippen LogP contribution in [0.5, 0.6) is 5.75 Å². The minimum atomic E-state index is -0.120. The van der Waals surface area contributed by atoms with Crippen molar-refractivity contribution in [3.63, 3.8) is 0 Å². The number of amides is 1. The maximum atomic E-state index is 12.8. The average molecular weight is 510 g/mol. The molecule has 2 aromatic heterocycles. The van der Waals surface area contributed by atoms with Gasteiger partial charge in [0.15, 0.2) is 12.1 Å². The first-order valence-electron chi connectivity index (χ1n) is 13.9. The van der Waals surface area contributed by atoms with E-state index in [4.69, 9.17) is 24.2 Å². The van der Waals surface area contributed by atoms with Gasteiger partial charge < -0.3 is 24.4 Å². The number of hydrogen-bond acceptors (Lipinski definition) is 8. The Labute approximate surface area is 219 Å². The van der Waals surface area contributed by atoms with Gasteiger partial charge in [0.05, 0.1) is 13.2 Å². The fourth-order valence-electron chi connectivity index (χ4n) is 5.46. The topological polar surface area (TPSA) is 98.7 Å². The molecule has 3 heterocycles. The molecule has 1 N–H and O–H groups in total. The first-order valence-corrected chi connectivity index (χ1v) is 13.9. The van der Waals surface area contributed by atoms with Crippen molar-refractivity contribution in [1.29, 1.82) is 0 Å². The van der Waals surface area contributed by atoms with Gasteiger partial charge in [-0.15, -0.1) is 0 Å². The van der Waals surface area contributed by atoms with Gasteiger partial charge in [0.25, 0.3) is 0 Å². The minimum absolute atomic E-state index is 0.0516. The third-order valence-electron chi connectivity index (χ3n) is 7.38. The number of fused-ring (bicyclic) bond motifs is 1. The van der Waals surface area contributed by atoms with E-state index in [1.807, 2.05) is 24.1 Å². The number of hydrogen-bond donors (Lipinski definition) is 1. The molecule has 2 fully saturated rings. The summed E-state index contributed by atoms with van der Waals surface area (Å²) in [5.41, 5.74) is 2.85. The first kappa shape index (κ1) is 25.9. The maximum Gasteiger partial charge on any atom is 0.239 e. The lowest BCUT2D eigenvalue weighted by atomic mass is 9.95. The van der Waals surface area contributed by atoms with E-state index in [-0.39, 0.29) is 18.7 Å². The molecule has 5 rings (SSSR count). The molecule has 2 aromatic rings. The molecule has 9 heteroatoms. The fourth-order valence-corrected chi connectivity index (χ4v) is 5.46. The molecule has 1 atom stereocenters. The van der Waals surface area contributed by atoms with Crippen molar-refractivity contribution in [2.45, 2.75) is 83.0 Å². The van der Waals surface area contributed by atoms with Gasteiger partial charge in [-0.3, -0.25) is 9.78 Å². The fraction of sp³-hybridized carbons (Fsp3) is 0.643. The molecule has 1 unspecified atom stereocenters. The van der Waals surface area contributed by atoms with Gasteiger partial charge in [0.2, 0.25) is 5.91 Å². The lowest BCUT2D eigenvalue weighted by Crippen LogP contribution is -2.42. The van der Waals surface area contributed by atoms with Gasteiger partial charge in [-0.25, -0.2) is 9.97 Å². The predicted octanol–water partition coefficient (Wildman–Crippen LogP) is 3.83. The largest absolute Gasteiger partial charge is 0.491 e. The van der Waals surface area contributed by atoms with Crippen molar-refractivity contribution in [1.82, 2.24) is 20.3 Å². The van der Waals surface area contributed by atoms with E-state index in [0.29, 0.717) is 36.5 Å². The van der Waals surface area contributed by atoms with Crippen molar-refractivity contribution >= 4 is 11.7 Å². The number of aryl methyl sites for hydroxylation is 1. The van der Waals surface area contributed by atoms with Crippen LogP contribution in [0.2, 0.25) is 0 Å². The third-order valence-corrected chi connectivity index (χ3v) is 7.38. The summed E-state index contributed by atoms with van der Waals surface area (Å²) in [6, 6.07) is 4.00. The molecular formula is C28H39N5O4. The number of carbonyl (C=O) groups excluding carboxylic acids is 1. The summed E-state index contributed by atoms with van der Waals surface area (Å²) in [4.78, 5) is 29.0. The average Bonchev–Trinajstić information content (AvgIpc) is 3.41. The SMILES string of the molecule is CN(CC(=O)NC1CCCCC1)c1nc(-c2cc(OCCOC3CCCCO3)ccn2)nc2c1CCC2. The van der Waals surface area contributed by atoms with Crippen molar-refractivity contribution in [3.05, 3.63) is 29.6 Å². The summed E-state index contributed by atoms with van der Waals surface area (Å²) < 4.78 is 17.3. The number of likely N-dealkylation sites (N-methyl/N-ethyl adjacent to an activating group) is 1. The van der Waals surface area contributed by atoms with Crippen molar-refractivity contribution < 1.29 is 19.0 Å². The Morgan fingerprint density at radius 2 is 1.95 bits per heavy atom. The summed E-state index contributed by atoms with van der Waals surface area (Å²) in [5, 5.41) is 3.22. The molecule has 1 saturated heterocycles. The molecule has 9 nitrogen and oxygen atoms in total. The van der Waals surface area contributed by atoms with E-state index in [2.05, 4.69) is 10.3 Å². The molecule has 0 aromatic carbocycles. The number of pyridine rings is 1. The van der Waals surface area contributed by atoms with Crippen LogP contribution in [0.25, 0.3) is 11.5 Å². The number of rotatable bonds is 10. The van der Waals surface area contributed by atoms with Crippen LogP contribution in [0.1, 0.15) is 69.0 Å². The zero-order valence-corrected chi connectivity index (χ0v) is 21.9. The van der Waals surface area contributed by atoms with Crippen LogP contribution >= 0.6 is 0 Å². The highest BCUT2D eigenvalue weighted by Crippen LogP contribution is 2.31. The first-order chi connectivity index (χ1) is 18.2. The summed E-state index contributed by atoms with van der Waals surface area (Å²) in [5.74, 6) is 2.14. The van der Waals surface area contributed by atoms with Crippen LogP contribution in [0.3, 0.4) is 0 Å². The summed E-state index contributed by atoms with van der Waals surface area (Å²) in [6.07, 6.45) is 13.5. The molecule has 37 heavy (non-hydrogen) atoms. The summed E-state index contributed by atoms with van der Waals surface area (Å²) in [7, 11) is 1.94. The summed E-state index contributed by atoms with van der Waals surface area (Å²) >= 11 is 0. The summed E-state index contributed by atoms with van der Waals surface area (Å²) in [6.45, 7) is 1.94. The van der Waals surface area contributed by atoms with E-state index in [1.165, 1.54) is 19.3 Å². The Kier molecular flexibility index (Phi) is 8.84. The second-order valence-corrected chi connectivity index (χ2v) is 10.3. The number of nitrogens with one attached hydrogen (secondary N) is 1. The van der Waals surface area contributed by atoms with Crippen LogP contribution in [-0.4, -0.2) is 66.6 Å². The van der Waals surface area contributed by atoms with Crippen molar-refractivity contribution in [3.8, 4) is 17.3 Å². The number of nitrogens with zero attached hydrogens (tertiary/aromatic N) is 4. The van der Waals surface area contributed by atoms with E-state index in [0.717, 1.165) is 75.0 Å². The zero-order valence-electron chi connectivity index (χ0n) is 21.9. The van der Waals surface area contributed by atoms with Crippen LogP contribution in [0.15, 0.2) is 18.3 Å². The number of anilines is 1. The van der Waals surface area contributed by atoms with E-state index >= 15 is 0 Å². The van der Waals surface area contributed by atoms with Crippen LogP contribution in [-0.2, 0) is 27.1 Å². The van der Waals surface area contributed by atoms with Crippen molar-refractivity contribution in [2.24, 2.45) is 0 Å². The van der Waals surface area contributed by atoms with Gasteiger partial charge in [-0.2, -0.15) is 0 Å². The van der Waals surface area contributed by atoms with Crippen molar-refractivity contribution in [2.75, 3.05) is 38.3 Å². The molecule has 0 spiro atoms. The van der Waals surface area contributed by atoms with Crippen LogP contribution in [0.4, 0.5) is 5.82 Å².